The minimum absolute atomic E-state index is 0.0121. The second-order valence-corrected chi connectivity index (χ2v) is 4.92. The standard InChI is InChI=1S/C12H18N2O4/c1-2-13-6-8(5-10(13)15)12(18)14(7-11(16)17)9-3-4-9/h8-9H,2-7H2,1H3,(H,16,17). The Morgan fingerprint density at radius 3 is 2.56 bits per heavy atom. The molecule has 0 aromatic rings. The van der Waals surface area contributed by atoms with E-state index in [4.69, 9.17) is 5.11 Å². The summed E-state index contributed by atoms with van der Waals surface area (Å²) in [5.74, 6) is -1.55. The zero-order valence-electron chi connectivity index (χ0n) is 10.5. The van der Waals surface area contributed by atoms with Gasteiger partial charge in [-0.2, -0.15) is 0 Å². The monoisotopic (exact) mass is 254 g/mol. The van der Waals surface area contributed by atoms with Crippen molar-refractivity contribution in [2.75, 3.05) is 19.6 Å². The van der Waals surface area contributed by atoms with Crippen molar-refractivity contribution >= 4 is 17.8 Å². The van der Waals surface area contributed by atoms with Gasteiger partial charge in [0.2, 0.25) is 11.8 Å². The van der Waals surface area contributed by atoms with E-state index in [2.05, 4.69) is 0 Å². The Morgan fingerprint density at radius 1 is 1.44 bits per heavy atom. The number of carboxylic acids is 1. The lowest BCUT2D eigenvalue weighted by Gasteiger charge is -2.23. The first-order valence-electron chi connectivity index (χ1n) is 6.33. The van der Waals surface area contributed by atoms with Crippen molar-refractivity contribution in [2.24, 2.45) is 5.92 Å². The summed E-state index contributed by atoms with van der Waals surface area (Å²) in [7, 11) is 0. The van der Waals surface area contributed by atoms with Crippen LogP contribution in [0.4, 0.5) is 0 Å². The number of hydrogen-bond acceptors (Lipinski definition) is 3. The second kappa shape index (κ2) is 4.96. The Bertz CT molecular complexity index is 378. The van der Waals surface area contributed by atoms with Gasteiger partial charge in [0.05, 0.1) is 5.92 Å². The van der Waals surface area contributed by atoms with Crippen LogP contribution in [0.3, 0.4) is 0 Å². The van der Waals surface area contributed by atoms with E-state index in [9.17, 15) is 14.4 Å². The molecule has 1 N–H and O–H groups in total. The molecule has 1 saturated heterocycles. The van der Waals surface area contributed by atoms with Gasteiger partial charge in [-0.15, -0.1) is 0 Å². The Kier molecular flexibility index (Phi) is 3.54. The van der Waals surface area contributed by atoms with Crippen LogP contribution in [-0.4, -0.2) is 58.4 Å². The van der Waals surface area contributed by atoms with Gasteiger partial charge in [0, 0.05) is 25.6 Å². The van der Waals surface area contributed by atoms with Crippen molar-refractivity contribution in [3.05, 3.63) is 0 Å². The molecular weight excluding hydrogens is 236 g/mol. The Labute approximate surface area is 106 Å². The third-order valence-corrected chi connectivity index (χ3v) is 3.52. The van der Waals surface area contributed by atoms with Crippen LogP contribution in [0.25, 0.3) is 0 Å². The third kappa shape index (κ3) is 2.63. The minimum Gasteiger partial charge on any atom is -0.480 e. The summed E-state index contributed by atoms with van der Waals surface area (Å²) in [6, 6.07) is 0.0689. The topological polar surface area (TPSA) is 77.9 Å². The highest BCUT2D eigenvalue weighted by molar-refractivity contribution is 5.91. The summed E-state index contributed by atoms with van der Waals surface area (Å²) in [5, 5.41) is 8.83. The van der Waals surface area contributed by atoms with Crippen LogP contribution in [0, 0.1) is 5.92 Å². The van der Waals surface area contributed by atoms with E-state index in [0.29, 0.717) is 13.1 Å². The van der Waals surface area contributed by atoms with E-state index in [1.165, 1.54) is 4.90 Å². The van der Waals surface area contributed by atoms with Gasteiger partial charge in [-0.25, -0.2) is 0 Å². The molecule has 1 heterocycles. The lowest BCUT2D eigenvalue weighted by atomic mass is 10.1. The number of nitrogens with zero attached hydrogens (tertiary/aromatic N) is 2. The quantitative estimate of drug-likeness (QED) is 0.745. The molecule has 2 fully saturated rings. The molecule has 0 radical (unpaired) electrons. The van der Waals surface area contributed by atoms with E-state index in [1.54, 1.807) is 4.90 Å². The molecule has 1 atom stereocenters. The fourth-order valence-corrected chi connectivity index (χ4v) is 2.40. The molecule has 18 heavy (non-hydrogen) atoms. The third-order valence-electron chi connectivity index (χ3n) is 3.52. The van der Waals surface area contributed by atoms with Gasteiger partial charge in [0.25, 0.3) is 0 Å². The summed E-state index contributed by atoms with van der Waals surface area (Å²) in [4.78, 5) is 37.7. The smallest absolute Gasteiger partial charge is 0.323 e. The highest BCUT2D eigenvalue weighted by Gasteiger charge is 2.41. The molecular formula is C12H18N2O4. The van der Waals surface area contributed by atoms with Gasteiger partial charge in [-0.1, -0.05) is 0 Å². The molecule has 100 valence electrons. The Morgan fingerprint density at radius 2 is 2.11 bits per heavy atom. The van der Waals surface area contributed by atoms with E-state index in [0.717, 1.165) is 12.8 Å². The molecule has 6 heteroatoms. The van der Waals surface area contributed by atoms with Crippen LogP contribution < -0.4 is 0 Å². The van der Waals surface area contributed by atoms with Crippen molar-refractivity contribution in [1.29, 1.82) is 0 Å². The fraction of sp³-hybridized carbons (Fsp3) is 0.750. The molecule has 1 unspecified atom stereocenters. The number of carbonyl (C=O) groups excluding carboxylic acids is 2. The summed E-state index contributed by atoms with van der Waals surface area (Å²) < 4.78 is 0. The van der Waals surface area contributed by atoms with Crippen LogP contribution in [0.15, 0.2) is 0 Å². The molecule has 0 aromatic heterocycles. The SMILES string of the molecule is CCN1CC(C(=O)N(CC(=O)O)C2CC2)CC1=O. The molecule has 1 saturated carbocycles. The summed E-state index contributed by atoms with van der Waals surface area (Å²) in [5.41, 5.74) is 0. The Hall–Kier alpha value is -1.59. The predicted molar refractivity (Wildman–Crippen MR) is 62.7 cm³/mol. The molecule has 0 bridgehead atoms. The number of likely N-dealkylation sites (tertiary alicyclic amines) is 1. The number of rotatable bonds is 5. The first-order valence-corrected chi connectivity index (χ1v) is 6.33. The van der Waals surface area contributed by atoms with Gasteiger partial charge >= 0.3 is 5.97 Å². The van der Waals surface area contributed by atoms with E-state index >= 15 is 0 Å². The molecule has 0 spiro atoms. The van der Waals surface area contributed by atoms with Crippen molar-refractivity contribution in [2.45, 2.75) is 32.2 Å². The maximum absolute atomic E-state index is 12.3. The molecule has 2 aliphatic rings. The Balaban J connectivity index is 2.01. The summed E-state index contributed by atoms with van der Waals surface area (Å²) in [6.07, 6.45) is 1.96. The zero-order chi connectivity index (χ0) is 13.3. The summed E-state index contributed by atoms with van der Waals surface area (Å²) >= 11 is 0. The van der Waals surface area contributed by atoms with Gasteiger partial charge in [0.1, 0.15) is 6.54 Å². The van der Waals surface area contributed by atoms with Crippen LogP contribution >= 0.6 is 0 Å². The number of amides is 2. The van der Waals surface area contributed by atoms with Gasteiger partial charge in [0.15, 0.2) is 0 Å². The number of carboxylic acid groups (broad SMARTS) is 1. The maximum Gasteiger partial charge on any atom is 0.323 e. The van der Waals surface area contributed by atoms with Crippen molar-refractivity contribution in [3.63, 3.8) is 0 Å². The first kappa shape index (κ1) is 12.9. The van der Waals surface area contributed by atoms with Crippen LogP contribution in [0.1, 0.15) is 26.2 Å². The van der Waals surface area contributed by atoms with E-state index in [1.807, 2.05) is 6.92 Å². The molecule has 0 aromatic carbocycles. The molecule has 1 aliphatic carbocycles. The largest absolute Gasteiger partial charge is 0.480 e. The van der Waals surface area contributed by atoms with Gasteiger partial charge in [-0.3, -0.25) is 14.4 Å². The predicted octanol–water partition coefficient (Wildman–Crippen LogP) is -0.0696. The molecule has 2 amide bonds. The van der Waals surface area contributed by atoms with Crippen LogP contribution in [-0.2, 0) is 14.4 Å². The van der Waals surface area contributed by atoms with Gasteiger partial charge < -0.3 is 14.9 Å². The zero-order valence-corrected chi connectivity index (χ0v) is 10.5. The number of hydrogen-bond donors (Lipinski definition) is 1. The van der Waals surface area contributed by atoms with Crippen molar-refractivity contribution < 1.29 is 19.5 Å². The van der Waals surface area contributed by atoms with Crippen LogP contribution in [0.2, 0.25) is 0 Å². The average molecular weight is 254 g/mol. The molecule has 6 nitrogen and oxygen atoms in total. The van der Waals surface area contributed by atoms with E-state index < -0.39 is 5.97 Å². The van der Waals surface area contributed by atoms with Gasteiger partial charge in [-0.05, 0) is 19.8 Å². The summed E-state index contributed by atoms with van der Waals surface area (Å²) in [6.45, 7) is 2.66. The van der Waals surface area contributed by atoms with Crippen LogP contribution in [0.5, 0.6) is 0 Å². The molecule has 1 aliphatic heterocycles. The lowest BCUT2D eigenvalue weighted by molar-refractivity contribution is -0.146. The first-order chi connectivity index (χ1) is 8.52. The highest BCUT2D eigenvalue weighted by Crippen LogP contribution is 2.30. The lowest BCUT2D eigenvalue weighted by Crippen LogP contribution is -2.42. The highest BCUT2D eigenvalue weighted by atomic mass is 16.4. The van der Waals surface area contributed by atoms with E-state index in [-0.39, 0.29) is 36.7 Å². The fourth-order valence-electron chi connectivity index (χ4n) is 2.40. The normalized spacial score (nSPS) is 23.3. The maximum atomic E-state index is 12.3. The number of aliphatic carboxylic acids is 1. The van der Waals surface area contributed by atoms with Crippen molar-refractivity contribution in [3.8, 4) is 0 Å². The minimum atomic E-state index is -0.994. The molecule has 2 rings (SSSR count). The van der Waals surface area contributed by atoms with Crippen molar-refractivity contribution in [1.82, 2.24) is 9.80 Å². The number of carbonyl (C=O) groups is 3. The second-order valence-electron chi connectivity index (χ2n) is 4.92. The average Bonchev–Trinajstić information content (AvgIpc) is 3.08.